The van der Waals surface area contributed by atoms with E-state index in [2.05, 4.69) is 17.1 Å². The van der Waals surface area contributed by atoms with Gasteiger partial charge in [0.2, 0.25) is 0 Å². The van der Waals surface area contributed by atoms with E-state index >= 15 is 0 Å². The quantitative estimate of drug-likeness (QED) is 0.770. The Bertz CT molecular complexity index is 332. The Balaban J connectivity index is 1.92. The highest BCUT2D eigenvalue weighted by atomic mass is 16.2. The first-order valence-corrected chi connectivity index (χ1v) is 6.96. The highest BCUT2D eigenvalue weighted by molar-refractivity contribution is 6.04. The summed E-state index contributed by atoms with van der Waals surface area (Å²) in [5.41, 5.74) is 0. The van der Waals surface area contributed by atoms with Crippen LogP contribution in [0.3, 0.4) is 0 Å². The second kappa shape index (κ2) is 5.69. The van der Waals surface area contributed by atoms with Gasteiger partial charge in [0.1, 0.15) is 6.04 Å². The lowest BCUT2D eigenvalue weighted by atomic mass is 10.0. The van der Waals surface area contributed by atoms with E-state index in [1.165, 1.54) is 11.3 Å². The maximum Gasteiger partial charge on any atom is 0.325 e. The maximum atomic E-state index is 12.1. The monoisotopic (exact) mass is 253 g/mol. The highest BCUT2D eigenvalue weighted by Gasteiger charge is 2.38. The molecule has 0 aliphatic carbocycles. The normalized spacial score (nSPS) is 29.8. The summed E-state index contributed by atoms with van der Waals surface area (Å²) in [6, 6.07) is -0.526. The minimum atomic E-state index is -0.301. The van der Waals surface area contributed by atoms with Crippen LogP contribution >= 0.6 is 0 Å². The molecular weight excluding hydrogens is 230 g/mol. The minimum Gasteiger partial charge on any atom is -0.326 e. The van der Waals surface area contributed by atoms with Crippen molar-refractivity contribution in [1.82, 2.24) is 15.1 Å². The highest BCUT2D eigenvalue weighted by Crippen LogP contribution is 2.18. The molecule has 0 aromatic rings. The number of likely N-dealkylation sites (tertiary alicyclic amines) is 1. The van der Waals surface area contributed by atoms with Gasteiger partial charge in [-0.1, -0.05) is 20.3 Å². The molecule has 0 radical (unpaired) electrons. The molecule has 2 rings (SSSR count). The predicted octanol–water partition coefficient (Wildman–Crippen LogP) is 1.40. The van der Waals surface area contributed by atoms with Crippen LogP contribution in [0.2, 0.25) is 0 Å². The van der Waals surface area contributed by atoms with E-state index in [0.717, 1.165) is 32.4 Å². The van der Waals surface area contributed by atoms with Crippen LogP contribution in [0.5, 0.6) is 0 Å². The predicted molar refractivity (Wildman–Crippen MR) is 68.9 cm³/mol. The fourth-order valence-corrected chi connectivity index (χ4v) is 2.81. The SMILES string of the molecule is CCC[C@H]1NC(=O)N(CN2CCC[C@@H](C)C2)C1=O. The topological polar surface area (TPSA) is 52.7 Å². The Labute approximate surface area is 108 Å². The number of hydrogen-bond acceptors (Lipinski definition) is 3. The number of carbonyl (C=O) groups excluding carboxylic acids is 2. The number of imide groups is 1. The van der Waals surface area contributed by atoms with Gasteiger partial charge in [-0.15, -0.1) is 0 Å². The first-order valence-electron chi connectivity index (χ1n) is 6.96. The third-order valence-electron chi connectivity index (χ3n) is 3.77. The van der Waals surface area contributed by atoms with Crippen molar-refractivity contribution in [3.63, 3.8) is 0 Å². The Morgan fingerprint density at radius 2 is 2.17 bits per heavy atom. The summed E-state index contributed by atoms with van der Waals surface area (Å²) in [6.45, 7) is 6.66. The largest absolute Gasteiger partial charge is 0.326 e. The Hall–Kier alpha value is -1.10. The smallest absolute Gasteiger partial charge is 0.325 e. The number of urea groups is 1. The van der Waals surface area contributed by atoms with Crippen molar-refractivity contribution < 1.29 is 9.59 Å². The molecule has 5 heteroatoms. The van der Waals surface area contributed by atoms with Gasteiger partial charge in [-0.25, -0.2) is 9.69 Å². The van der Waals surface area contributed by atoms with Crippen molar-refractivity contribution in [2.24, 2.45) is 5.92 Å². The van der Waals surface area contributed by atoms with Crippen LogP contribution < -0.4 is 5.32 Å². The second-order valence-corrected chi connectivity index (χ2v) is 5.52. The van der Waals surface area contributed by atoms with Gasteiger partial charge < -0.3 is 5.32 Å². The van der Waals surface area contributed by atoms with E-state index in [-0.39, 0.29) is 18.0 Å². The van der Waals surface area contributed by atoms with Crippen LogP contribution in [0.1, 0.15) is 39.5 Å². The van der Waals surface area contributed by atoms with Gasteiger partial charge in [0.25, 0.3) is 5.91 Å². The molecule has 0 saturated carbocycles. The number of nitrogens with one attached hydrogen (secondary N) is 1. The van der Waals surface area contributed by atoms with Crippen molar-refractivity contribution in [2.75, 3.05) is 19.8 Å². The number of rotatable bonds is 4. The van der Waals surface area contributed by atoms with E-state index in [0.29, 0.717) is 12.6 Å². The second-order valence-electron chi connectivity index (χ2n) is 5.52. The van der Waals surface area contributed by atoms with Crippen LogP contribution in [-0.4, -0.2) is 47.5 Å². The summed E-state index contributed by atoms with van der Waals surface area (Å²) >= 11 is 0. The molecule has 0 aromatic heterocycles. The fourth-order valence-electron chi connectivity index (χ4n) is 2.81. The van der Waals surface area contributed by atoms with Crippen LogP contribution in [-0.2, 0) is 4.79 Å². The molecule has 18 heavy (non-hydrogen) atoms. The Morgan fingerprint density at radius 3 is 2.83 bits per heavy atom. The zero-order valence-corrected chi connectivity index (χ0v) is 11.3. The summed E-state index contributed by atoms with van der Waals surface area (Å²) in [7, 11) is 0. The Morgan fingerprint density at radius 1 is 1.39 bits per heavy atom. The summed E-state index contributed by atoms with van der Waals surface area (Å²) in [4.78, 5) is 27.5. The zero-order chi connectivity index (χ0) is 13.1. The lowest BCUT2D eigenvalue weighted by molar-refractivity contribution is -0.129. The summed E-state index contributed by atoms with van der Waals surface area (Å²) in [5.74, 6) is 0.603. The maximum absolute atomic E-state index is 12.1. The lowest BCUT2D eigenvalue weighted by Gasteiger charge is -2.32. The first kappa shape index (κ1) is 13.3. The van der Waals surface area contributed by atoms with Crippen molar-refractivity contribution >= 4 is 11.9 Å². The van der Waals surface area contributed by atoms with E-state index in [1.54, 1.807) is 0 Å². The number of carbonyl (C=O) groups is 2. The number of nitrogens with zero attached hydrogens (tertiary/aromatic N) is 2. The standard InChI is InChI=1S/C13H23N3O2/c1-3-5-11-12(17)16(13(18)14-11)9-15-7-4-6-10(2)8-15/h10-11H,3-9H2,1-2H3,(H,14,18)/t10-,11-/m1/s1. The minimum absolute atomic E-state index is 0.0555. The van der Waals surface area contributed by atoms with Gasteiger partial charge >= 0.3 is 6.03 Å². The molecule has 5 nitrogen and oxygen atoms in total. The Kier molecular flexibility index (Phi) is 4.22. The fraction of sp³-hybridized carbons (Fsp3) is 0.846. The van der Waals surface area contributed by atoms with Gasteiger partial charge in [0, 0.05) is 6.54 Å². The van der Waals surface area contributed by atoms with E-state index < -0.39 is 0 Å². The number of hydrogen-bond donors (Lipinski definition) is 1. The molecule has 0 aromatic carbocycles. The van der Waals surface area contributed by atoms with Gasteiger partial charge in [-0.05, 0) is 31.7 Å². The van der Waals surface area contributed by atoms with Crippen molar-refractivity contribution in [3.8, 4) is 0 Å². The molecular formula is C13H23N3O2. The molecule has 2 fully saturated rings. The van der Waals surface area contributed by atoms with Gasteiger partial charge in [-0.2, -0.15) is 0 Å². The van der Waals surface area contributed by atoms with Gasteiger partial charge in [0.05, 0.1) is 6.67 Å². The van der Waals surface area contributed by atoms with Crippen LogP contribution in [0.25, 0.3) is 0 Å². The van der Waals surface area contributed by atoms with Crippen LogP contribution in [0.15, 0.2) is 0 Å². The lowest BCUT2D eigenvalue weighted by Crippen LogP contribution is -2.45. The molecule has 2 atom stereocenters. The van der Waals surface area contributed by atoms with Crippen molar-refractivity contribution in [3.05, 3.63) is 0 Å². The van der Waals surface area contributed by atoms with Gasteiger partial charge in [-0.3, -0.25) is 9.69 Å². The molecule has 3 amide bonds. The van der Waals surface area contributed by atoms with Crippen molar-refractivity contribution in [1.29, 1.82) is 0 Å². The summed E-state index contributed by atoms with van der Waals surface area (Å²) < 4.78 is 0. The molecule has 1 N–H and O–H groups in total. The number of piperidine rings is 1. The number of amides is 3. The molecule has 0 unspecified atom stereocenters. The molecule has 2 aliphatic heterocycles. The van der Waals surface area contributed by atoms with Crippen molar-refractivity contribution in [2.45, 2.75) is 45.6 Å². The van der Waals surface area contributed by atoms with Gasteiger partial charge in [0.15, 0.2) is 0 Å². The van der Waals surface area contributed by atoms with Crippen LogP contribution in [0, 0.1) is 5.92 Å². The van der Waals surface area contributed by atoms with E-state index in [9.17, 15) is 9.59 Å². The van der Waals surface area contributed by atoms with E-state index in [1.807, 2.05) is 6.92 Å². The molecule has 2 saturated heterocycles. The third kappa shape index (κ3) is 2.83. The molecule has 2 heterocycles. The average Bonchev–Trinajstić information content (AvgIpc) is 2.58. The molecule has 2 aliphatic rings. The molecule has 102 valence electrons. The summed E-state index contributed by atoms with van der Waals surface area (Å²) in [5, 5.41) is 2.77. The molecule has 0 spiro atoms. The molecule has 0 bridgehead atoms. The average molecular weight is 253 g/mol. The summed E-state index contributed by atoms with van der Waals surface area (Å²) in [6.07, 6.45) is 4.04. The zero-order valence-electron chi connectivity index (χ0n) is 11.3. The third-order valence-corrected chi connectivity index (χ3v) is 3.77. The van der Waals surface area contributed by atoms with Crippen LogP contribution in [0.4, 0.5) is 4.79 Å². The first-order chi connectivity index (χ1) is 8.61. The van der Waals surface area contributed by atoms with E-state index in [4.69, 9.17) is 0 Å².